The number of benzene rings is 2. The predicted molar refractivity (Wildman–Crippen MR) is 143 cm³/mol. The van der Waals surface area contributed by atoms with Crippen molar-refractivity contribution in [2.75, 3.05) is 18.4 Å². The first-order valence-corrected chi connectivity index (χ1v) is 13.9. The van der Waals surface area contributed by atoms with Crippen molar-refractivity contribution in [3.8, 4) is 0 Å². The summed E-state index contributed by atoms with van der Waals surface area (Å²) in [6.45, 7) is 7.53. The molecule has 1 atom stereocenters. The summed E-state index contributed by atoms with van der Waals surface area (Å²) < 4.78 is 27.5. The third kappa shape index (κ3) is 7.87. The van der Waals surface area contributed by atoms with Crippen LogP contribution in [0.25, 0.3) is 0 Å². The molecule has 0 unspecified atom stereocenters. The van der Waals surface area contributed by atoms with Crippen molar-refractivity contribution >= 4 is 33.4 Å². The van der Waals surface area contributed by atoms with Crippen LogP contribution in [0.2, 0.25) is 0 Å². The average Bonchev–Trinajstić information content (AvgIpc) is 2.84. The number of nitrogens with one attached hydrogen (secondary N) is 3. The van der Waals surface area contributed by atoms with Gasteiger partial charge in [0.15, 0.2) is 0 Å². The molecule has 2 aromatic carbocycles. The van der Waals surface area contributed by atoms with E-state index in [4.69, 9.17) is 0 Å². The Kier molecular flexibility index (Phi) is 9.45. The maximum atomic E-state index is 13.1. The van der Waals surface area contributed by atoms with Crippen molar-refractivity contribution < 1.29 is 22.8 Å². The molecular formula is C27H36N4O5S. The summed E-state index contributed by atoms with van der Waals surface area (Å²) in [4.78, 5) is 36.1. The predicted octanol–water partition coefficient (Wildman–Crippen LogP) is 2.79. The summed E-state index contributed by atoms with van der Waals surface area (Å²) >= 11 is 0. The minimum Gasteiger partial charge on any atom is -0.351 e. The smallest absolute Gasteiger partial charge is 0.243 e. The fraction of sp³-hybridized carbons (Fsp3) is 0.444. The second-order valence-corrected chi connectivity index (χ2v) is 11.7. The molecule has 1 aliphatic rings. The van der Waals surface area contributed by atoms with Crippen molar-refractivity contribution in [1.82, 2.24) is 14.9 Å². The SMILES string of the molecule is CC(=O)Nc1ccc(S(=O)(=O)N2CCC(NC(=O)[C@H](Cc3ccc(C(C)C)cc3)NC(C)=O)CC2)cc1. The van der Waals surface area contributed by atoms with Gasteiger partial charge in [-0.15, -0.1) is 0 Å². The van der Waals surface area contributed by atoms with Gasteiger partial charge in [0, 0.05) is 45.1 Å². The van der Waals surface area contributed by atoms with Crippen LogP contribution >= 0.6 is 0 Å². The van der Waals surface area contributed by atoms with Crippen molar-refractivity contribution in [2.45, 2.75) is 69.9 Å². The van der Waals surface area contributed by atoms with Gasteiger partial charge >= 0.3 is 0 Å². The van der Waals surface area contributed by atoms with E-state index < -0.39 is 16.1 Å². The summed E-state index contributed by atoms with van der Waals surface area (Å²) in [5, 5.41) is 8.35. The van der Waals surface area contributed by atoms with Crippen LogP contribution in [0.15, 0.2) is 53.4 Å². The summed E-state index contributed by atoms with van der Waals surface area (Å²) in [6.07, 6.45) is 1.29. The van der Waals surface area contributed by atoms with Crippen LogP contribution in [-0.4, -0.2) is 55.6 Å². The molecule has 1 heterocycles. The first-order valence-electron chi connectivity index (χ1n) is 12.5. The van der Waals surface area contributed by atoms with E-state index in [-0.39, 0.29) is 41.7 Å². The number of nitrogens with zero attached hydrogens (tertiary/aromatic N) is 1. The first kappa shape index (κ1) is 28.3. The van der Waals surface area contributed by atoms with Gasteiger partial charge in [-0.05, 0) is 54.2 Å². The fourth-order valence-electron chi connectivity index (χ4n) is 4.33. The van der Waals surface area contributed by atoms with Crippen LogP contribution in [0.4, 0.5) is 5.69 Å². The topological polar surface area (TPSA) is 125 Å². The standard InChI is InChI=1S/C27H36N4O5S/c1-18(2)22-7-5-21(6-8-22)17-26(29-20(4)33)27(34)30-24-13-15-31(16-14-24)37(35,36)25-11-9-23(10-12-25)28-19(3)32/h5-12,18,24,26H,13-17H2,1-4H3,(H,28,32)(H,29,33)(H,30,34)/t26-/m0/s1. The van der Waals surface area contributed by atoms with E-state index in [0.29, 0.717) is 30.9 Å². The molecule has 3 N–H and O–H groups in total. The molecular weight excluding hydrogens is 492 g/mol. The summed E-state index contributed by atoms with van der Waals surface area (Å²) in [5.74, 6) is -0.395. The fourth-order valence-corrected chi connectivity index (χ4v) is 5.80. The number of carbonyl (C=O) groups excluding carboxylic acids is 3. The lowest BCUT2D eigenvalue weighted by atomic mass is 9.98. The Hall–Kier alpha value is -3.24. The molecule has 1 aliphatic heterocycles. The lowest BCUT2D eigenvalue weighted by Gasteiger charge is -2.32. The molecule has 1 saturated heterocycles. The second-order valence-electron chi connectivity index (χ2n) is 9.75. The number of amides is 3. The Labute approximate surface area is 219 Å². The van der Waals surface area contributed by atoms with Crippen LogP contribution in [-0.2, 0) is 30.8 Å². The van der Waals surface area contributed by atoms with Crippen molar-refractivity contribution in [3.05, 3.63) is 59.7 Å². The van der Waals surface area contributed by atoms with E-state index in [0.717, 1.165) is 5.56 Å². The van der Waals surface area contributed by atoms with Gasteiger partial charge in [0.2, 0.25) is 27.7 Å². The zero-order chi connectivity index (χ0) is 27.2. The highest BCUT2D eigenvalue weighted by molar-refractivity contribution is 7.89. The van der Waals surface area contributed by atoms with Gasteiger partial charge in [0.25, 0.3) is 0 Å². The van der Waals surface area contributed by atoms with Crippen molar-refractivity contribution in [2.24, 2.45) is 0 Å². The summed E-state index contributed by atoms with van der Waals surface area (Å²) in [5.41, 5.74) is 2.68. The molecule has 9 nitrogen and oxygen atoms in total. The maximum Gasteiger partial charge on any atom is 0.243 e. The molecule has 200 valence electrons. The molecule has 3 amide bonds. The van der Waals surface area contributed by atoms with Gasteiger partial charge in [0.05, 0.1) is 4.90 Å². The van der Waals surface area contributed by atoms with Gasteiger partial charge in [-0.2, -0.15) is 4.31 Å². The van der Waals surface area contributed by atoms with E-state index in [1.54, 1.807) is 12.1 Å². The molecule has 37 heavy (non-hydrogen) atoms. The van der Waals surface area contributed by atoms with E-state index >= 15 is 0 Å². The highest BCUT2D eigenvalue weighted by atomic mass is 32.2. The van der Waals surface area contributed by atoms with Crippen molar-refractivity contribution in [1.29, 1.82) is 0 Å². The quantitative estimate of drug-likeness (QED) is 0.462. The van der Waals surface area contributed by atoms with E-state index in [2.05, 4.69) is 29.8 Å². The molecule has 0 aliphatic carbocycles. The van der Waals surface area contributed by atoms with E-state index in [9.17, 15) is 22.8 Å². The van der Waals surface area contributed by atoms with Gasteiger partial charge in [-0.3, -0.25) is 14.4 Å². The van der Waals surface area contributed by atoms with Crippen LogP contribution in [0.1, 0.15) is 57.6 Å². The van der Waals surface area contributed by atoms with Gasteiger partial charge in [-0.25, -0.2) is 8.42 Å². The molecule has 2 aromatic rings. The van der Waals surface area contributed by atoms with Crippen LogP contribution < -0.4 is 16.0 Å². The lowest BCUT2D eigenvalue weighted by molar-refractivity contribution is -0.128. The van der Waals surface area contributed by atoms with Gasteiger partial charge in [0.1, 0.15) is 6.04 Å². The number of carbonyl (C=O) groups is 3. The molecule has 10 heteroatoms. The summed E-state index contributed by atoms with van der Waals surface area (Å²) in [6, 6.07) is 13.2. The normalized spacial score (nSPS) is 15.7. The number of rotatable bonds is 9. The highest BCUT2D eigenvalue weighted by Gasteiger charge is 2.31. The zero-order valence-corrected chi connectivity index (χ0v) is 22.6. The van der Waals surface area contributed by atoms with E-state index in [1.807, 2.05) is 24.3 Å². The Bertz CT molecular complexity index is 1200. The Morgan fingerprint density at radius 3 is 2.03 bits per heavy atom. The molecule has 0 spiro atoms. The Balaban J connectivity index is 1.58. The number of anilines is 1. The molecule has 0 bridgehead atoms. The molecule has 3 rings (SSSR count). The van der Waals surface area contributed by atoms with Gasteiger partial charge in [-0.1, -0.05) is 38.1 Å². The number of sulfonamides is 1. The minimum absolute atomic E-state index is 0.151. The average molecular weight is 529 g/mol. The van der Waals surface area contributed by atoms with Crippen molar-refractivity contribution in [3.63, 3.8) is 0 Å². The zero-order valence-electron chi connectivity index (χ0n) is 21.8. The number of hydrogen-bond donors (Lipinski definition) is 3. The molecule has 0 radical (unpaired) electrons. The van der Waals surface area contributed by atoms with E-state index in [1.165, 1.54) is 35.8 Å². The lowest BCUT2D eigenvalue weighted by Crippen LogP contribution is -2.53. The third-order valence-electron chi connectivity index (χ3n) is 6.39. The van der Waals surface area contributed by atoms with Crippen LogP contribution in [0.3, 0.4) is 0 Å². The molecule has 1 fully saturated rings. The highest BCUT2D eigenvalue weighted by Crippen LogP contribution is 2.23. The minimum atomic E-state index is -3.69. The summed E-state index contributed by atoms with van der Waals surface area (Å²) in [7, 11) is -3.69. The first-order chi connectivity index (χ1) is 17.5. The maximum absolute atomic E-state index is 13.1. The van der Waals surface area contributed by atoms with Crippen LogP contribution in [0.5, 0.6) is 0 Å². The monoisotopic (exact) mass is 528 g/mol. The second kappa shape index (κ2) is 12.3. The number of piperidine rings is 1. The Morgan fingerprint density at radius 1 is 0.919 bits per heavy atom. The van der Waals surface area contributed by atoms with Crippen LogP contribution in [0, 0.1) is 0 Å². The largest absolute Gasteiger partial charge is 0.351 e. The third-order valence-corrected chi connectivity index (χ3v) is 8.31. The molecule has 0 saturated carbocycles. The Morgan fingerprint density at radius 2 is 1.51 bits per heavy atom. The number of hydrogen-bond acceptors (Lipinski definition) is 5. The van der Waals surface area contributed by atoms with Gasteiger partial charge < -0.3 is 16.0 Å². The molecule has 0 aromatic heterocycles.